The van der Waals surface area contributed by atoms with E-state index in [1.54, 1.807) is 0 Å². The lowest BCUT2D eigenvalue weighted by Gasteiger charge is -2.28. The quantitative estimate of drug-likeness (QED) is 0.897. The normalized spacial score (nSPS) is 19.6. The third-order valence-corrected chi connectivity index (χ3v) is 4.31. The van der Waals surface area contributed by atoms with Crippen molar-refractivity contribution >= 4 is 0 Å². The summed E-state index contributed by atoms with van der Waals surface area (Å²) >= 11 is 0. The molecule has 0 amide bonds. The van der Waals surface area contributed by atoms with Crippen LogP contribution in [0.1, 0.15) is 65.4 Å². The molecule has 1 saturated carbocycles. The van der Waals surface area contributed by atoms with Gasteiger partial charge < -0.3 is 5.32 Å². The summed E-state index contributed by atoms with van der Waals surface area (Å²) in [6.45, 7) is 9.82. The lowest BCUT2D eigenvalue weighted by Crippen LogP contribution is -2.34. The van der Waals surface area contributed by atoms with Crippen LogP contribution in [0, 0.1) is 5.92 Å². The fraction of sp³-hybridized carbons (Fsp3) is 0.812. The van der Waals surface area contributed by atoms with Crippen LogP contribution >= 0.6 is 0 Å². The Kier molecular flexibility index (Phi) is 4.67. The SMILES string of the molecule is CC(NCc1cnn(C(C)(C)C)c1)C1CCCCC1. The Hall–Kier alpha value is -0.830. The van der Waals surface area contributed by atoms with Crippen molar-refractivity contribution in [3.8, 4) is 0 Å². The topological polar surface area (TPSA) is 29.9 Å². The molecule has 1 atom stereocenters. The van der Waals surface area contributed by atoms with Crippen LogP contribution in [0.3, 0.4) is 0 Å². The maximum absolute atomic E-state index is 4.45. The fourth-order valence-corrected chi connectivity index (χ4v) is 2.90. The monoisotopic (exact) mass is 263 g/mol. The summed E-state index contributed by atoms with van der Waals surface area (Å²) in [7, 11) is 0. The molecule has 1 heterocycles. The zero-order valence-electron chi connectivity index (χ0n) is 12.9. The van der Waals surface area contributed by atoms with E-state index in [9.17, 15) is 0 Å². The Morgan fingerprint density at radius 3 is 2.58 bits per heavy atom. The van der Waals surface area contributed by atoms with E-state index >= 15 is 0 Å². The average Bonchev–Trinajstić information content (AvgIpc) is 2.86. The maximum Gasteiger partial charge on any atom is 0.0543 e. The highest BCUT2D eigenvalue weighted by Gasteiger charge is 2.20. The molecule has 0 saturated heterocycles. The Morgan fingerprint density at radius 2 is 2.00 bits per heavy atom. The summed E-state index contributed by atoms with van der Waals surface area (Å²) < 4.78 is 2.05. The maximum atomic E-state index is 4.45. The van der Waals surface area contributed by atoms with Crippen LogP contribution in [0.15, 0.2) is 12.4 Å². The summed E-state index contributed by atoms with van der Waals surface area (Å²) in [6.07, 6.45) is 11.2. The van der Waals surface area contributed by atoms with Crippen LogP contribution < -0.4 is 5.32 Å². The van der Waals surface area contributed by atoms with Crippen molar-refractivity contribution < 1.29 is 0 Å². The molecule has 108 valence electrons. The van der Waals surface area contributed by atoms with E-state index in [0.29, 0.717) is 6.04 Å². The fourth-order valence-electron chi connectivity index (χ4n) is 2.90. The second-order valence-electron chi connectivity index (χ2n) is 7.03. The van der Waals surface area contributed by atoms with Gasteiger partial charge in [0.25, 0.3) is 0 Å². The van der Waals surface area contributed by atoms with Crippen LogP contribution in [0.25, 0.3) is 0 Å². The molecule has 1 aliphatic carbocycles. The largest absolute Gasteiger partial charge is 0.310 e. The van der Waals surface area contributed by atoms with Crippen molar-refractivity contribution in [2.24, 2.45) is 5.92 Å². The first-order valence-corrected chi connectivity index (χ1v) is 7.74. The van der Waals surface area contributed by atoms with E-state index in [1.807, 2.05) is 6.20 Å². The van der Waals surface area contributed by atoms with Gasteiger partial charge in [0.1, 0.15) is 0 Å². The van der Waals surface area contributed by atoms with E-state index < -0.39 is 0 Å². The molecule has 19 heavy (non-hydrogen) atoms. The van der Waals surface area contributed by atoms with E-state index in [0.717, 1.165) is 12.5 Å². The summed E-state index contributed by atoms with van der Waals surface area (Å²) in [4.78, 5) is 0. The van der Waals surface area contributed by atoms with Crippen LogP contribution in [0.2, 0.25) is 0 Å². The summed E-state index contributed by atoms with van der Waals surface area (Å²) in [5.74, 6) is 0.867. The molecule has 1 aromatic rings. The molecule has 1 aliphatic rings. The highest BCUT2D eigenvalue weighted by atomic mass is 15.3. The number of hydrogen-bond donors (Lipinski definition) is 1. The Labute approximate surface area is 117 Å². The predicted octanol–water partition coefficient (Wildman–Crippen LogP) is 3.70. The van der Waals surface area contributed by atoms with Crippen molar-refractivity contribution in [1.29, 1.82) is 0 Å². The summed E-state index contributed by atoms with van der Waals surface area (Å²) in [5, 5.41) is 8.13. The molecule has 0 bridgehead atoms. The van der Waals surface area contributed by atoms with Crippen LogP contribution in [-0.2, 0) is 12.1 Å². The van der Waals surface area contributed by atoms with Crippen LogP contribution in [0.5, 0.6) is 0 Å². The van der Waals surface area contributed by atoms with Gasteiger partial charge in [-0.15, -0.1) is 0 Å². The molecule has 0 aromatic carbocycles. The van der Waals surface area contributed by atoms with Crippen LogP contribution in [-0.4, -0.2) is 15.8 Å². The zero-order valence-corrected chi connectivity index (χ0v) is 12.9. The van der Waals surface area contributed by atoms with E-state index in [4.69, 9.17) is 0 Å². The first-order chi connectivity index (χ1) is 8.97. The molecule has 0 spiro atoms. The first kappa shape index (κ1) is 14.6. The zero-order chi connectivity index (χ0) is 13.9. The minimum absolute atomic E-state index is 0.0766. The highest BCUT2D eigenvalue weighted by molar-refractivity contribution is 5.05. The van der Waals surface area contributed by atoms with Crippen LogP contribution in [0.4, 0.5) is 0 Å². The van der Waals surface area contributed by atoms with E-state index in [2.05, 4.69) is 49.0 Å². The van der Waals surface area contributed by atoms with Crippen molar-refractivity contribution in [2.45, 2.75) is 77.9 Å². The predicted molar refractivity (Wildman–Crippen MR) is 80.1 cm³/mol. The van der Waals surface area contributed by atoms with Gasteiger partial charge in [0, 0.05) is 24.3 Å². The summed E-state index contributed by atoms with van der Waals surface area (Å²) in [5.41, 5.74) is 1.37. The van der Waals surface area contributed by atoms with Gasteiger partial charge in [-0.3, -0.25) is 4.68 Å². The van der Waals surface area contributed by atoms with Gasteiger partial charge in [-0.25, -0.2) is 0 Å². The molecule has 0 aliphatic heterocycles. The lowest BCUT2D eigenvalue weighted by atomic mass is 9.84. The summed E-state index contributed by atoms with van der Waals surface area (Å²) in [6, 6.07) is 0.623. The average molecular weight is 263 g/mol. The number of hydrogen-bond acceptors (Lipinski definition) is 2. The molecule has 3 nitrogen and oxygen atoms in total. The number of nitrogens with one attached hydrogen (secondary N) is 1. The standard InChI is InChI=1S/C16H29N3/c1-13(15-8-6-5-7-9-15)17-10-14-11-18-19(12-14)16(2,3)4/h11-13,15,17H,5-10H2,1-4H3. The Morgan fingerprint density at radius 1 is 1.32 bits per heavy atom. The molecule has 1 aromatic heterocycles. The van der Waals surface area contributed by atoms with E-state index in [-0.39, 0.29) is 5.54 Å². The minimum Gasteiger partial charge on any atom is -0.310 e. The number of rotatable bonds is 4. The second-order valence-corrected chi connectivity index (χ2v) is 7.03. The molecule has 0 radical (unpaired) electrons. The van der Waals surface area contributed by atoms with Gasteiger partial charge >= 0.3 is 0 Å². The van der Waals surface area contributed by atoms with Gasteiger partial charge in [0.15, 0.2) is 0 Å². The first-order valence-electron chi connectivity index (χ1n) is 7.74. The molecule has 1 fully saturated rings. The smallest absolute Gasteiger partial charge is 0.0543 e. The molecule has 3 heteroatoms. The molecular weight excluding hydrogens is 234 g/mol. The number of nitrogens with zero attached hydrogens (tertiary/aromatic N) is 2. The van der Waals surface area contributed by atoms with Crippen molar-refractivity contribution in [2.75, 3.05) is 0 Å². The van der Waals surface area contributed by atoms with Gasteiger partial charge in [-0.2, -0.15) is 5.10 Å². The molecule has 1 unspecified atom stereocenters. The third-order valence-electron chi connectivity index (χ3n) is 4.31. The van der Waals surface area contributed by atoms with E-state index in [1.165, 1.54) is 37.7 Å². The molecular formula is C16H29N3. The van der Waals surface area contributed by atoms with Crippen molar-refractivity contribution in [3.05, 3.63) is 18.0 Å². The second kappa shape index (κ2) is 6.08. The van der Waals surface area contributed by atoms with Crippen molar-refractivity contribution in [3.63, 3.8) is 0 Å². The third kappa shape index (κ3) is 4.07. The van der Waals surface area contributed by atoms with Gasteiger partial charge in [-0.05, 0) is 46.5 Å². The lowest BCUT2D eigenvalue weighted by molar-refractivity contribution is 0.280. The minimum atomic E-state index is 0.0766. The Bertz CT molecular complexity index is 383. The molecule has 1 N–H and O–H groups in total. The van der Waals surface area contributed by atoms with Gasteiger partial charge in [0.2, 0.25) is 0 Å². The number of aromatic nitrogens is 2. The Balaban J connectivity index is 1.83. The molecule has 2 rings (SSSR count). The van der Waals surface area contributed by atoms with Crippen molar-refractivity contribution in [1.82, 2.24) is 15.1 Å². The highest BCUT2D eigenvalue weighted by Crippen LogP contribution is 2.26. The van der Waals surface area contributed by atoms with Gasteiger partial charge in [-0.1, -0.05) is 19.3 Å². The van der Waals surface area contributed by atoms with Gasteiger partial charge in [0.05, 0.1) is 11.7 Å².